The van der Waals surface area contributed by atoms with E-state index in [0.717, 1.165) is 33.7 Å². The van der Waals surface area contributed by atoms with Gasteiger partial charge in [-0.25, -0.2) is 9.97 Å². The predicted octanol–water partition coefficient (Wildman–Crippen LogP) is 4.08. The molecule has 26 heavy (non-hydrogen) atoms. The molecule has 0 unspecified atom stereocenters. The van der Waals surface area contributed by atoms with Crippen molar-refractivity contribution in [1.82, 2.24) is 19.9 Å². The molecule has 4 aromatic rings. The molecule has 3 aromatic heterocycles. The monoisotopic (exact) mass is 342 g/mol. The fourth-order valence-corrected chi connectivity index (χ4v) is 2.74. The molecule has 0 aliphatic carbocycles. The van der Waals surface area contributed by atoms with Crippen molar-refractivity contribution in [3.05, 3.63) is 78.4 Å². The molecule has 4 rings (SSSR count). The molecule has 0 atom stereocenters. The summed E-state index contributed by atoms with van der Waals surface area (Å²) in [7, 11) is 0. The smallest absolute Gasteiger partial charge is 0.230 e. The van der Waals surface area contributed by atoms with Gasteiger partial charge < -0.3 is 10.6 Å². The molecule has 0 bridgehead atoms. The zero-order valence-corrected chi connectivity index (χ0v) is 14.3. The van der Waals surface area contributed by atoms with Crippen LogP contribution in [0, 0.1) is 6.92 Å². The van der Waals surface area contributed by atoms with E-state index < -0.39 is 0 Å². The lowest BCUT2D eigenvalue weighted by atomic mass is 10.1. The first-order valence-electron chi connectivity index (χ1n) is 8.37. The van der Waals surface area contributed by atoms with E-state index in [1.54, 1.807) is 12.4 Å². The van der Waals surface area contributed by atoms with Crippen molar-refractivity contribution in [2.45, 2.75) is 13.5 Å². The van der Waals surface area contributed by atoms with Gasteiger partial charge in [0.05, 0.1) is 0 Å². The van der Waals surface area contributed by atoms with E-state index in [1.165, 1.54) is 0 Å². The fourth-order valence-electron chi connectivity index (χ4n) is 2.74. The lowest BCUT2D eigenvalue weighted by molar-refractivity contribution is 1.05. The van der Waals surface area contributed by atoms with Crippen LogP contribution < -0.4 is 10.6 Å². The first-order valence-corrected chi connectivity index (χ1v) is 8.37. The molecule has 0 saturated heterocycles. The number of hydrogen-bond acceptors (Lipinski definition) is 6. The first kappa shape index (κ1) is 16.0. The van der Waals surface area contributed by atoms with Gasteiger partial charge in [-0.15, -0.1) is 0 Å². The Bertz CT molecular complexity index is 1030. The highest BCUT2D eigenvalue weighted by Crippen LogP contribution is 2.23. The summed E-state index contributed by atoms with van der Waals surface area (Å²) in [6, 6.07) is 15.9. The molecule has 3 heterocycles. The van der Waals surface area contributed by atoms with Crippen LogP contribution in [0.5, 0.6) is 0 Å². The van der Waals surface area contributed by atoms with Crippen LogP contribution in [0.2, 0.25) is 0 Å². The normalized spacial score (nSPS) is 10.7. The molecule has 0 radical (unpaired) electrons. The third-order valence-corrected chi connectivity index (χ3v) is 3.95. The Hall–Kier alpha value is -3.54. The minimum atomic E-state index is 0.516. The summed E-state index contributed by atoms with van der Waals surface area (Å²) < 4.78 is 0. The van der Waals surface area contributed by atoms with Crippen LogP contribution in [0.15, 0.2) is 67.1 Å². The van der Waals surface area contributed by atoms with Gasteiger partial charge in [-0.3, -0.25) is 4.98 Å². The number of rotatable bonds is 5. The van der Waals surface area contributed by atoms with Crippen LogP contribution in [0.3, 0.4) is 0 Å². The van der Waals surface area contributed by atoms with E-state index >= 15 is 0 Å². The van der Waals surface area contributed by atoms with Crippen molar-refractivity contribution in [3.63, 3.8) is 0 Å². The van der Waals surface area contributed by atoms with Gasteiger partial charge in [0.15, 0.2) is 0 Å². The molecular weight excluding hydrogens is 324 g/mol. The number of aromatic nitrogens is 4. The summed E-state index contributed by atoms with van der Waals surface area (Å²) in [6.07, 6.45) is 5.37. The number of pyridine rings is 2. The predicted molar refractivity (Wildman–Crippen MR) is 103 cm³/mol. The summed E-state index contributed by atoms with van der Waals surface area (Å²) >= 11 is 0. The largest absolute Gasteiger partial charge is 0.366 e. The minimum absolute atomic E-state index is 0.516. The maximum absolute atomic E-state index is 4.56. The highest BCUT2D eigenvalue weighted by molar-refractivity contribution is 5.92. The van der Waals surface area contributed by atoms with Gasteiger partial charge in [0.25, 0.3) is 0 Å². The Morgan fingerprint density at radius 2 is 1.88 bits per heavy atom. The van der Waals surface area contributed by atoms with Gasteiger partial charge in [-0.2, -0.15) is 4.98 Å². The number of benzene rings is 1. The highest BCUT2D eigenvalue weighted by Gasteiger charge is 2.07. The molecule has 0 saturated carbocycles. The topological polar surface area (TPSA) is 75.6 Å². The number of anilines is 3. The van der Waals surface area contributed by atoms with Crippen LogP contribution in [-0.2, 0) is 6.54 Å². The molecule has 128 valence electrons. The first-order chi connectivity index (χ1) is 12.8. The van der Waals surface area contributed by atoms with Crippen LogP contribution in [0.1, 0.15) is 11.3 Å². The summed E-state index contributed by atoms with van der Waals surface area (Å²) in [5.41, 5.74) is 1.96. The molecular formula is C20H18N6. The number of nitrogens with one attached hydrogen (secondary N) is 2. The summed E-state index contributed by atoms with van der Waals surface area (Å²) in [5.74, 6) is 2.01. The maximum atomic E-state index is 4.56. The zero-order valence-electron chi connectivity index (χ0n) is 14.3. The van der Waals surface area contributed by atoms with Gasteiger partial charge >= 0.3 is 0 Å². The van der Waals surface area contributed by atoms with E-state index in [9.17, 15) is 0 Å². The van der Waals surface area contributed by atoms with Crippen molar-refractivity contribution in [3.8, 4) is 0 Å². The third-order valence-electron chi connectivity index (χ3n) is 3.95. The quantitative estimate of drug-likeness (QED) is 0.569. The summed E-state index contributed by atoms with van der Waals surface area (Å²) in [5, 5.41) is 8.70. The Balaban J connectivity index is 1.58. The van der Waals surface area contributed by atoms with Crippen LogP contribution >= 0.6 is 0 Å². The highest BCUT2D eigenvalue weighted by atomic mass is 15.2. The molecule has 0 aliphatic rings. The average molecular weight is 342 g/mol. The molecule has 0 fully saturated rings. The second kappa shape index (κ2) is 7.14. The number of fused-ring (bicyclic) bond motifs is 1. The number of nitrogens with zero attached hydrogens (tertiary/aromatic N) is 4. The van der Waals surface area contributed by atoms with E-state index in [1.807, 2.05) is 55.6 Å². The van der Waals surface area contributed by atoms with E-state index in [2.05, 4.69) is 36.6 Å². The maximum Gasteiger partial charge on any atom is 0.230 e. The average Bonchev–Trinajstić information content (AvgIpc) is 2.67. The van der Waals surface area contributed by atoms with Crippen molar-refractivity contribution < 1.29 is 0 Å². The van der Waals surface area contributed by atoms with Crippen molar-refractivity contribution in [1.29, 1.82) is 0 Å². The van der Waals surface area contributed by atoms with E-state index in [4.69, 9.17) is 0 Å². The number of aryl methyl sites for hydroxylation is 1. The van der Waals surface area contributed by atoms with Gasteiger partial charge in [0.1, 0.15) is 11.6 Å². The van der Waals surface area contributed by atoms with E-state index in [0.29, 0.717) is 12.5 Å². The molecule has 0 spiro atoms. The Morgan fingerprint density at radius 3 is 2.77 bits per heavy atom. The minimum Gasteiger partial charge on any atom is -0.366 e. The molecule has 2 N–H and O–H groups in total. The standard InChI is InChI=1S/C20H18N6/c1-14-11-18(23-13-15-5-4-9-21-12-15)25-20(24-14)26-19-17-7-3-2-6-16(17)8-10-22-19/h2-12H,13H2,1H3,(H2,22,23,24,25,26). The Morgan fingerprint density at radius 1 is 0.962 bits per heavy atom. The van der Waals surface area contributed by atoms with Crippen LogP contribution in [0.4, 0.5) is 17.6 Å². The van der Waals surface area contributed by atoms with Gasteiger partial charge in [0, 0.05) is 42.3 Å². The van der Waals surface area contributed by atoms with Crippen molar-refractivity contribution in [2.75, 3.05) is 10.6 Å². The Labute approximate surface area is 151 Å². The zero-order chi connectivity index (χ0) is 17.8. The van der Waals surface area contributed by atoms with Gasteiger partial charge in [-0.1, -0.05) is 30.3 Å². The van der Waals surface area contributed by atoms with Gasteiger partial charge in [-0.05, 0) is 30.0 Å². The molecule has 1 aromatic carbocycles. The van der Waals surface area contributed by atoms with Crippen LogP contribution in [0.25, 0.3) is 10.8 Å². The third kappa shape index (κ3) is 3.59. The summed E-state index contributed by atoms with van der Waals surface area (Å²) in [4.78, 5) is 17.6. The lowest BCUT2D eigenvalue weighted by Gasteiger charge is -2.11. The molecule has 0 aliphatic heterocycles. The van der Waals surface area contributed by atoms with Gasteiger partial charge in [0.2, 0.25) is 5.95 Å². The second-order valence-corrected chi connectivity index (χ2v) is 5.94. The second-order valence-electron chi connectivity index (χ2n) is 5.94. The van der Waals surface area contributed by atoms with E-state index in [-0.39, 0.29) is 0 Å². The molecule has 6 nitrogen and oxygen atoms in total. The SMILES string of the molecule is Cc1cc(NCc2cccnc2)nc(Nc2nccc3ccccc23)n1. The lowest BCUT2D eigenvalue weighted by Crippen LogP contribution is -2.06. The summed E-state index contributed by atoms with van der Waals surface area (Å²) in [6.45, 7) is 2.59. The fraction of sp³-hybridized carbons (Fsp3) is 0.100. The van der Waals surface area contributed by atoms with Crippen LogP contribution in [-0.4, -0.2) is 19.9 Å². The van der Waals surface area contributed by atoms with Crippen molar-refractivity contribution in [2.24, 2.45) is 0 Å². The Kier molecular flexibility index (Phi) is 4.38. The molecule has 0 amide bonds. The number of hydrogen-bond donors (Lipinski definition) is 2. The van der Waals surface area contributed by atoms with Crippen molar-refractivity contribution >= 4 is 28.4 Å². The molecule has 6 heteroatoms.